The Labute approximate surface area is 553 Å². The third kappa shape index (κ3) is 8.68. The third-order valence-electron chi connectivity index (χ3n) is 25.2. The number of ether oxygens (including phenoxy) is 4. The molecular formula is C84H78O11. The van der Waals surface area contributed by atoms with E-state index in [1.807, 2.05) is 6.07 Å². The first-order chi connectivity index (χ1) is 46.6. The van der Waals surface area contributed by atoms with Gasteiger partial charge in [0.25, 0.3) is 0 Å². The Hall–Kier alpha value is -8.37. The van der Waals surface area contributed by atoms with Crippen LogP contribution >= 0.6 is 0 Å². The van der Waals surface area contributed by atoms with Gasteiger partial charge in [-0.25, -0.2) is 9.59 Å². The summed E-state index contributed by atoms with van der Waals surface area (Å²) in [5.41, 5.74) is 14.4. The largest absolute Gasteiger partial charge is 0.482 e. The molecular weight excluding hydrogens is 1180 g/mol. The van der Waals surface area contributed by atoms with Crippen molar-refractivity contribution in [3.05, 3.63) is 239 Å². The molecule has 14 atom stereocenters. The minimum absolute atomic E-state index is 0.00303. The van der Waals surface area contributed by atoms with Gasteiger partial charge in [-0.2, -0.15) is 0 Å². The van der Waals surface area contributed by atoms with Gasteiger partial charge in [0.1, 0.15) is 11.3 Å². The van der Waals surface area contributed by atoms with Gasteiger partial charge < -0.3 is 38.7 Å². The monoisotopic (exact) mass is 1260 g/mol. The fourth-order valence-corrected chi connectivity index (χ4v) is 21.3. The highest BCUT2D eigenvalue weighted by molar-refractivity contribution is 5.92. The molecule has 1 aromatic heterocycles. The summed E-state index contributed by atoms with van der Waals surface area (Å²) in [4.78, 5) is 47.8. The van der Waals surface area contributed by atoms with E-state index < -0.39 is 59.9 Å². The number of rotatable bonds is 7. The fourth-order valence-electron chi connectivity index (χ4n) is 21.3. The summed E-state index contributed by atoms with van der Waals surface area (Å²) in [6.45, 7) is -1.17. The van der Waals surface area contributed by atoms with Crippen LogP contribution in [0.2, 0.25) is 0 Å². The molecule has 480 valence electrons. The molecule has 5 heterocycles. The Kier molecular flexibility index (Phi) is 14.1. The lowest BCUT2D eigenvalue weighted by Gasteiger charge is -2.56. The Bertz CT molecular complexity index is 4640. The van der Waals surface area contributed by atoms with Gasteiger partial charge in [0.2, 0.25) is 0 Å². The maximum atomic E-state index is 16.4. The van der Waals surface area contributed by atoms with Gasteiger partial charge in [0.05, 0.1) is 25.4 Å². The van der Waals surface area contributed by atoms with Crippen LogP contribution in [0.4, 0.5) is 0 Å². The van der Waals surface area contributed by atoms with Crippen LogP contribution in [0.15, 0.2) is 160 Å². The molecule has 0 saturated heterocycles. The molecule has 3 N–H and O–H groups in total. The highest BCUT2D eigenvalue weighted by Crippen LogP contribution is 2.70. The van der Waals surface area contributed by atoms with Gasteiger partial charge in [-0.3, -0.25) is 4.79 Å². The zero-order chi connectivity index (χ0) is 64.1. The van der Waals surface area contributed by atoms with Crippen LogP contribution < -0.4 is 10.4 Å². The predicted molar refractivity (Wildman–Crippen MR) is 364 cm³/mol. The van der Waals surface area contributed by atoms with Crippen molar-refractivity contribution in [1.29, 1.82) is 0 Å². The van der Waals surface area contributed by atoms with Crippen molar-refractivity contribution in [2.24, 2.45) is 35.0 Å². The molecule has 13 bridgehead atoms. The molecule has 0 unspecified atom stereocenters. The van der Waals surface area contributed by atoms with Crippen LogP contribution in [0.5, 0.6) is 5.75 Å². The molecule has 11 heteroatoms. The minimum Gasteiger partial charge on any atom is -0.482 e. The van der Waals surface area contributed by atoms with E-state index in [1.165, 1.54) is 57.2 Å². The number of esters is 2. The molecule has 5 aromatic carbocycles. The van der Waals surface area contributed by atoms with Gasteiger partial charge in [-0.15, -0.1) is 0 Å². The average Bonchev–Trinajstić information content (AvgIpc) is 1.67. The quantitative estimate of drug-likeness (QED) is 0.0604. The highest BCUT2D eigenvalue weighted by Gasteiger charge is 2.69. The van der Waals surface area contributed by atoms with E-state index in [0.29, 0.717) is 72.3 Å². The Morgan fingerprint density at radius 2 is 1.61 bits per heavy atom. The smallest absolute Gasteiger partial charge is 0.340 e. The summed E-state index contributed by atoms with van der Waals surface area (Å²) in [5.74, 6) is 5.10. The van der Waals surface area contributed by atoms with Crippen molar-refractivity contribution in [2.45, 2.75) is 143 Å². The molecule has 2 spiro atoms. The molecule has 13 aliphatic rings. The zero-order valence-corrected chi connectivity index (χ0v) is 53.6. The Balaban J connectivity index is 0.911. The van der Waals surface area contributed by atoms with Crippen molar-refractivity contribution in [2.75, 3.05) is 26.9 Å². The lowest BCUT2D eigenvalue weighted by Crippen LogP contribution is -2.64. The van der Waals surface area contributed by atoms with Gasteiger partial charge >= 0.3 is 17.6 Å². The Morgan fingerprint density at radius 3 is 2.49 bits per heavy atom. The van der Waals surface area contributed by atoms with Gasteiger partial charge in [-0.05, 0) is 183 Å². The van der Waals surface area contributed by atoms with Crippen LogP contribution in [0.1, 0.15) is 185 Å². The molecule has 0 radical (unpaired) electrons. The second-order valence-electron chi connectivity index (χ2n) is 29.3. The zero-order valence-electron chi connectivity index (χ0n) is 53.6. The minimum atomic E-state index is -1.42. The predicted octanol–water partition coefficient (Wildman–Crippen LogP) is 14.5. The van der Waals surface area contributed by atoms with E-state index >= 15 is 9.59 Å². The average molecular weight is 1260 g/mol. The van der Waals surface area contributed by atoms with Crippen molar-refractivity contribution in [1.82, 2.24) is 0 Å². The van der Waals surface area contributed by atoms with E-state index in [2.05, 4.69) is 151 Å². The molecule has 2 saturated carbocycles. The number of benzene rings is 5. The number of allylic oxidation sites excluding steroid dienone is 9. The number of methoxy groups -OCH3 is 1. The lowest BCUT2D eigenvalue weighted by molar-refractivity contribution is -0.210. The SMILES string of the molecule is COC[C@@H](CCO)c1c(CO)c2ccc3c(c2oc1=O)[C@H]1OC(=O)C[C@H]2C[C@@H]4C=C[C@H]2c2cc5c(cc2/C=C/C2=C[C@H]6CCC[C@@H]7C=Cc8ccccc8[C@]76c6cccc4c62)CC/C2=C(/CO)CC#CCC4=C[C@H]6[C@H](C[C@H]7[C@@]6(C=CC[C@@]7(O3)[C@H]1OC2=O)CC5)c1ccccc14. The Morgan fingerprint density at radius 1 is 0.768 bits per heavy atom. The summed E-state index contributed by atoms with van der Waals surface area (Å²) < 4.78 is 34.9. The van der Waals surface area contributed by atoms with Crippen molar-refractivity contribution < 1.29 is 48.3 Å². The van der Waals surface area contributed by atoms with Crippen LogP contribution in [0.25, 0.3) is 34.3 Å². The van der Waals surface area contributed by atoms with Crippen LogP contribution in [-0.2, 0) is 48.7 Å². The fraction of sp³-hybridized carbons (Fsp3) is 0.393. The summed E-state index contributed by atoms with van der Waals surface area (Å²) in [6, 6.07) is 33.3. The van der Waals surface area contributed by atoms with E-state index in [1.54, 1.807) is 6.07 Å². The van der Waals surface area contributed by atoms with E-state index in [9.17, 15) is 20.1 Å². The summed E-state index contributed by atoms with van der Waals surface area (Å²) >= 11 is 0. The van der Waals surface area contributed by atoms with Crippen molar-refractivity contribution in [3.63, 3.8) is 0 Å². The molecule has 95 heavy (non-hydrogen) atoms. The summed E-state index contributed by atoms with van der Waals surface area (Å²) in [5, 5.41) is 33.9. The molecule has 11 nitrogen and oxygen atoms in total. The summed E-state index contributed by atoms with van der Waals surface area (Å²) in [6.07, 6.45) is 29.2. The number of carbonyl (C=O) groups excluding carboxylic acids is 2. The van der Waals surface area contributed by atoms with Crippen molar-refractivity contribution >= 4 is 46.2 Å². The number of aliphatic hydroxyl groups excluding tert-OH is 3. The molecule has 9 aliphatic carbocycles. The first-order valence-corrected chi connectivity index (χ1v) is 34.9. The number of aliphatic hydroxyl groups is 3. The van der Waals surface area contributed by atoms with Gasteiger partial charge in [0, 0.05) is 90.4 Å². The second kappa shape index (κ2) is 22.6. The summed E-state index contributed by atoms with van der Waals surface area (Å²) in [7, 11) is 1.53. The standard InChI is InChI=1S/C84H78O11/c1-91-46-55(32-36-85)75-67(45-87)64-29-30-71-76(77(64)93-81(75)90)78-79-83(95-71)34-10-33-82-35-31-49-40-65-52(37-48(49)24-28-62(80(89)94-79)54(44-86)13-3-2-12-50-41-70(82)66(43-72(82)83)63-17-6-5-16-59(50)63)21-22-53-39-58-15-8-14-57-26-23-47-11-4-7-19-68(47)84(57,58)69-20-9-18-61(74(53)69)51-25-27-60(65)56(38-51)42-73(88)92-78/h4-7,9-11,16-23,25-27,29-30,33,37,39-41,51,55-58,60,66,70,72,78-79,85-87H,8,12-15,24,28,31-32,34-36,38,42-46H2,1H3/b22-21+,62-54-/t51-,55+,56+,57+,58+,60+,66+,70-,72-,78+,79-,82-,83-,84-/m0/s1. The second-order valence-corrected chi connectivity index (χ2v) is 29.3. The maximum Gasteiger partial charge on any atom is 0.340 e. The van der Waals surface area contributed by atoms with Gasteiger partial charge in [0.15, 0.2) is 17.8 Å². The van der Waals surface area contributed by atoms with Crippen molar-refractivity contribution in [3.8, 4) is 17.6 Å². The molecule has 0 amide bonds. The number of carbonyl (C=O) groups is 2. The first-order valence-electron chi connectivity index (χ1n) is 34.9. The first kappa shape index (κ1) is 59.1. The van der Waals surface area contributed by atoms with E-state index in [4.69, 9.17) is 23.4 Å². The maximum absolute atomic E-state index is 16.4. The lowest BCUT2D eigenvalue weighted by atomic mass is 9.48. The topological polar surface area (TPSA) is 162 Å². The number of aryl methyl sites for hydroxylation is 2. The number of hydrogen-bond acceptors (Lipinski definition) is 11. The molecule has 2 fully saturated rings. The highest BCUT2D eigenvalue weighted by atomic mass is 16.6. The van der Waals surface area contributed by atoms with Crippen LogP contribution in [-0.4, -0.2) is 65.9 Å². The number of hydrogen-bond donors (Lipinski definition) is 3. The molecule has 6 aromatic rings. The third-order valence-corrected chi connectivity index (χ3v) is 25.2. The van der Waals surface area contributed by atoms with Crippen LogP contribution in [0, 0.1) is 46.8 Å². The molecule has 19 rings (SSSR count). The van der Waals surface area contributed by atoms with Gasteiger partial charge in [-0.1, -0.05) is 158 Å². The number of fused-ring (bicyclic) bond motifs is 11. The van der Waals surface area contributed by atoms with E-state index in [0.717, 1.165) is 41.5 Å². The molecule has 4 aliphatic heterocycles. The normalized spacial score (nSPS) is 32.7. The van der Waals surface area contributed by atoms with E-state index in [-0.39, 0.29) is 109 Å². The van der Waals surface area contributed by atoms with Crippen LogP contribution in [0.3, 0.4) is 0 Å².